The zero-order valence-corrected chi connectivity index (χ0v) is 19.7. The fourth-order valence-electron chi connectivity index (χ4n) is 4.47. The fraction of sp³-hybridized carbons (Fsp3) is 0.250. The molecule has 3 aromatic rings. The summed E-state index contributed by atoms with van der Waals surface area (Å²) in [6.07, 6.45) is -0.901. The van der Waals surface area contributed by atoms with E-state index in [1.165, 1.54) is 0 Å². The molecule has 35 heavy (non-hydrogen) atoms. The van der Waals surface area contributed by atoms with Crippen LogP contribution in [0.15, 0.2) is 72.8 Å². The number of carbonyl (C=O) groups is 3. The molecule has 7 heteroatoms. The fourth-order valence-corrected chi connectivity index (χ4v) is 4.47. The van der Waals surface area contributed by atoms with Crippen molar-refractivity contribution in [2.75, 3.05) is 11.9 Å². The highest BCUT2D eigenvalue weighted by Crippen LogP contribution is 2.44. The number of carboxylic acids is 1. The number of aliphatic carboxylic acids is 1. The lowest BCUT2D eigenvalue weighted by molar-refractivity contribution is -0.136. The van der Waals surface area contributed by atoms with Gasteiger partial charge in [-0.3, -0.25) is 9.59 Å². The van der Waals surface area contributed by atoms with Crippen LogP contribution in [0.3, 0.4) is 0 Å². The van der Waals surface area contributed by atoms with Crippen molar-refractivity contribution < 1.29 is 24.2 Å². The molecule has 0 spiro atoms. The molecule has 0 saturated heterocycles. The number of hydrogen-bond acceptors (Lipinski definition) is 4. The molecule has 0 saturated carbocycles. The molecule has 1 unspecified atom stereocenters. The van der Waals surface area contributed by atoms with Crippen LogP contribution in [-0.4, -0.2) is 35.7 Å². The number of benzene rings is 3. The summed E-state index contributed by atoms with van der Waals surface area (Å²) in [6.45, 7) is 3.78. The first-order valence-corrected chi connectivity index (χ1v) is 11.6. The molecule has 4 rings (SSSR count). The summed E-state index contributed by atoms with van der Waals surface area (Å²) in [5.41, 5.74) is 5.37. The third-order valence-corrected chi connectivity index (χ3v) is 6.18. The number of alkyl carbamates (subject to hydrolysis) is 1. The summed E-state index contributed by atoms with van der Waals surface area (Å²) >= 11 is 0. The number of ether oxygens (including phenoxy) is 1. The van der Waals surface area contributed by atoms with E-state index in [1.54, 1.807) is 24.3 Å². The van der Waals surface area contributed by atoms with Crippen LogP contribution in [0.2, 0.25) is 0 Å². The zero-order valence-electron chi connectivity index (χ0n) is 19.7. The monoisotopic (exact) mass is 472 g/mol. The maximum Gasteiger partial charge on any atom is 0.407 e. The van der Waals surface area contributed by atoms with E-state index in [0.29, 0.717) is 11.3 Å². The van der Waals surface area contributed by atoms with Crippen molar-refractivity contribution in [3.63, 3.8) is 0 Å². The first-order valence-electron chi connectivity index (χ1n) is 11.6. The maximum atomic E-state index is 13.0. The average molecular weight is 473 g/mol. The predicted molar refractivity (Wildman–Crippen MR) is 133 cm³/mol. The quantitative estimate of drug-likeness (QED) is 0.436. The molecular formula is C28H28N2O5. The van der Waals surface area contributed by atoms with E-state index in [1.807, 2.05) is 50.2 Å². The Morgan fingerprint density at radius 2 is 1.46 bits per heavy atom. The second-order valence-corrected chi connectivity index (χ2v) is 8.91. The summed E-state index contributed by atoms with van der Waals surface area (Å²) in [6, 6.07) is 22.0. The largest absolute Gasteiger partial charge is 0.481 e. The van der Waals surface area contributed by atoms with Gasteiger partial charge in [-0.2, -0.15) is 0 Å². The number of amides is 2. The topological polar surface area (TPSA) is 105 Å². The van der Waals surface area contributed by atoms with Crippen LogP contribution < -0.4 is 10.6 Å². The number of carboxylic acid groups (broad SMARTS) is 1. The lowest BCUT2D eigenvalue weighted by Gasteiger charge is -2.23. The van der Waals surface area contributed by atoms with Gasteiger partial charge in [0.25, 0.3) is 0 Å². The summed E-state index contributed by atoms with van der Waals surface area (Å²) < 4.78 is 5.59. The van der Waals surface area contributed by atoms with E-state index in [4.69, 9.17) is 9.84 Å². The lowest BCUT2D eigenvalue weighted by atomic mass is 9.98. The van der Waals surface area contributed by atoms with Crippen LogP contribution in [0.4, 0.5) is 10.5 Å². The third kappa shape index (κ3) is 5.35. The van der Waals surface area contributed by atoms with Gasteiger partial charge in [0.1, 0.15) is 12.6 Å². The molecule has 1 atom stereocenters. The van der Waals surface area contributed by atoms with Gasteiger partial charge in [-0.15, -0.1) is 0 Å². The van der Waals surface area contributed by atoms with Crippen molar-refractivity contribution in [3.05, 3.63) is 89.5 Å². The normalized spacial score (nSPS) is 13.0. The SMILES string of the molecule is CC(C)C(NC(=O)OCC1c2ccccc2-c2ccccc21)C(=O)Nc1ccccc1CC(=O)O. The Hall–Kier alpha value is -4.13. The molecule has 180 valence electrons. The number of anilines is 1. The summed E-state index contributed by atoms with van der Waals surface area (Å²) in [4.78, 5) is 36.8. The van der Waals surface area contributed by atoms with Gasteiger partial charge in [-0.1, -0.05) is 80.6 Å². The summed E-state index contributed by atoms with van der Waals surface area (Å²) in [5, 5.41) is 14.6. The molecule has 7 nitrogen and oxygen atoms in total. The minimum absolute atomic E-state index is 0.0811. The number of carbonyl (C=O) groups excluding carboxylic acids is 2. The Bertz CT molecular complexity index is 1210. The second-order valence-electron chi connectivity index (χ2n) is 8.91. The van der Waals surface area contributed by atoms with Crippen LogP contribution in [0.1, 0.15) is 36.5 Å². The highest BCUT2D eigenvalue weighted by atomic mass is 16.5. The van der Waals surface area contributed by atoms with Gasteiger partial charge in [-0.05, 0) is 39.8 Å². The number of para-hydroxylation sites is 1. The average Bonchev–Trinajstić information content (AvgIpc) is 3.15. The van der Waals surface area contributed by atoms with Crippen molar-refractivity contribution in [3.8, 4) is 11.1 Å². The number of hydrogen-bond donors (Lipinski definition) is 3. The first kappa shape index (κ1) is 24.0. The van der Waals surface area contributed by atoms with Crippen molar-refractivity contribution in [2.45, 2.75) is 32.2 Å². The van der Waals surface area contributed by atoms with Crippen LogP contribution >= 0.6 is 0 Å². The highest BCUT2D eigenvalue weighted by molar-refractivity contribution is 5.97. The van der Waals surface area contributed by atoms with Gasteiger partial charge in [0, 0.05) is 11.6 Å². The molecule has 0 fully saturated rings. The standard InChI is InChI=1S/C28H28N2O5/c1-17(2)26(27(33)29-24-14-8-3-9-18(24)15-25(31)32)30-28(34)35-16-23-21-12-6-4-10-19(21)20-11-5-7-13-22(20)23/h3-14,17,23,26H,15-16H2,1-2H3,(H,29,33)(H,30,34)(H,31,32). The van der Waals surface area contributed by atoms with Crippen LogP contribution in [0.25, 0.3) is 11.1 Å². The van der Waals surface area contributed by atoms with Crippen molar-refractivity contribution >= 4 is 23.7 Å². The van der Waals surface area contributed by atoms with E-state index >= 15 is 0 Å². The minimum atomic E-state index is -0.996. The number of fused-ring (bicyclic) bond motifs is 3. The molecule has 3 N–H and O–H groups in total. The molecule has 1 aliphatic rings. The minimum Gasteiger partial charge on any atom is -0.481 e. The van der Waals surface area contributed by atoms with Gasteiger partial charge in [0.15, 0.2) is 0 Å². The number of nitrogens with one attached hydrogen (secondary N) is 2. The maximum absolute atomic E-state index is 13.0. The van der Waals surface area contributed by atoms with Crippen molar-refractivity contribution in [1.29, 1.82) is 0 Å². The molecule has 0 radical (unpaired) electrons. The van der Waals surface area contributed by atoms with E-state index < -0.39 is 24.0 Å². The number of rotatable bonds is 8. The summed E-state index contributed by atoms with van der Waals surface area (Å²) in [7, 11) is 0. The first-order chi connectivity index (χ1) is 16.8. The van der Waals surface area contributed by atoms with E-state index in [-0.39, 0.29) is 24.9 Å². The molecule has 3 aromatic carbocycles. The molecule has 2 amide bonds. The zero-order chi connectivity index (χ0) is 24.9. The Morgan fingerprint density at radius 3 is 2.06 bits per heavy atom. The molecule has 0 bridgehead atoms. The van der Waals surface area contributed by atoms with Gasteiger partial charge >= 0.3 is 12.1 Å². The Morgan fingerprint density at radius 1 is 0.886 bits per heavy atom. The van der Waals surface area contributed by atoms with E-state index in [9.17, 15) is 14.4 Å². The second kappa shape index (κ2) is 10.4. The molecular weight excluding hydrogens is 444 g/mol. The van der Waals surface area contributed by atoms with Gasteiger partial charge in [0.2, 0.25) is 5.91 Å². The molecule has 0 aromatic heterocycles. The van der Waals surface area contributed by atoms with Gasteiger partial charge < -0.3 is 20.5 Å². The van der Waals surface area contributed by atoms with E-state index in [0.717, 1.165) is 22.3 Å². The van der Waals surface area contributed by atoms with Crippen LogP contribution in [-0.2, 0) is 20.7 Å². The lowest BCUT2D eigenvalue weighted by Crippen LogP contribution is -2.47. The van der Waals surface area contributed by atoms with E-state index in [2.05, 4.69) is 22.8 Å². The van der Waals surface area contributed by atoms with Crippen molar-refractivity contribution in [1.82, 2.24) is 5.32 Å². The third-order valence-electron chi connectivity index (χ3n) is 6.18. The van der Waals surface area contributed by atoms with Gasteiger partial charge in [0.05, 0.1) is 6.42 Å². The molecule has 0 heterocycles. The highest BCUT2D eigenvalue weighted by Gasteiger charge is 2.30. The Balaban J connectivity index is 1.42. The Kier molecular flexibility index (Phi) is 7.15. The van der Waals surface area contributed by atoms with Gasteiger partial charge in [-0.25, -0.2) is 4.79 Å². The van der Waals surface area contributed by atoms with Crippen molar-refractivity contribution in [2.24, 2.45) is 5.92 Å². The predicted octanol–water partition coefficient (Wildman–Crippen LogP) is 4.82. The molecule has 0 aliphatic heterocycles. The van der Waals surface area contributed by atoms with Crippen LogP contribution in [0, 0.1) is 5.92 Å². The summed E-state index contributed by atoms with van der Waals surface area (Å²) in [5.74, 6) is -1.74. The smallest absolute Gasteiger partial charge is 0.407 e. The van der Waals surface area contributed by atoms with Crippen LogP contribution in [0.5, 0.6) is 0 Å². The molecule has 1 aliphatic carbocycles. The Labute approximate surface area is 204 Å².